The summed E-state index contributed by atoms with van der Waals surface area (Å²) in [6, 6.07) is 5.77. The fourth-order valence-electron chi connectivity index (χ4n) is 10.9. The van der Waals surface area contributed by atoms with Crippen LogP contribution in [0.25, 0.3) is 0 Å². The van der Waals surface area contributed by atoms with Crippen LogP contribution < -0.4 is 42.0 Å². The first-order chi connectivity index (χ1) is 43.4. The van der Waals surface area contributed by atoms with Gasteiger partial charge in [-0.05, 0) is 94.2 Å². The van der Waals surface area contributed by atoms with Gasteiger partial charge in [-0.15, -0.1) is 0 Å². The highest BCUT2D eigenvalue weighted by Crippen LogP contribution is 2.49. The molecule has 0 aliphatic carbocycles. The number of rotatable bonds is 25. The van der Waals surface area contributed by atoms with Crippen molar-refractivity contribution in [2.24, 2.45) is 17.6 Å². The Morgan fingerprint density at radius 1 is 0.946 bits per heavy atom. The van der Waals surface area contributed by atoms with Gasteiger partial charge in [-0.3, -0.25) is 43.8 Å². The van der Waals surface area contributed by atoms with E-state index < -0.39 is 114 Å². The van der Waals surface area contributed by atoms with E-state index in [1.807, 2.05) is 13.0 Å². The number of likely N-dealkylation sites (N-methyl/N-ethyl adjacent to an activating group) is 1. The second-order valence-electron chi connectivity index (χ2n) is 24.3. The summed E-state index contributed by atoms with van der Waals surface area (Å²) < 4.78 is 29.2. The molecule has 4 aliphatic rings. The molecule has 502 valence electrons. The van der Waals surface area contributed by atoms with Crippen LogP contribution in [0.5, 0.6) is 5.75 Å². The number of allylic oxidation sites excluding steroid dienone is 3. The summed E-state index contributed by atoms with van der Waals surface area (Å²) in [6.07, 6.45) is 5.14. The molecule has 0 saturated carbocycles. The Bertz CT molecular complexity index is 3160. The lowest BCUT2D eigenvalue weighted by Gasteiger charge is -2.39. The summed E-state index contributed by atoms with van der Waals surface area (Å²) in [5.41, 5.74) is 5.14. The van der Waals surface area contributed by atoms with Crippen LogP contribution in [-0.4, -0.2) is 181 Å². The monoisotopic (exact) mass is 1300 g/mol. The molecule has 0 radical (unpaired) electrons. The van der Waals surface area contributed by atoms with Crippen molar-refractivity contribution in [1.29, 1.82) is 0 Å². The zero-order valence-electron chi connectivity index (χ0n) is 53.8. The molecule has 28 heteroatoms. The number of anilines is 2. The van der Waals surface area contributed by atoms with Crippen molar-refractivity contribution in [2.75, 3.05) is 58.1 Å². The highest BCUT2D eigenvalue weighted by Gasteiger charge is 2.64. The van der Waals surface area contributed by atoms with Crippen LogP contribution in [0.1, 0.15) is 117 Å². The maximum absolute atomic E-state index is 14.4. The van der Waals surface area contributed by atoms with Crippen molar-refractivity contribution in [3.8, 4) is 5.75 Å². The number of carbonyl (C=O) groups is 11. The fraction of sp³-hybridized carbons (Fsp3) is 0.547. The van der Waals surface area contributed by atoms with E-state index >= 15 is 0 Å². The third kappa shape index (κ3) is 20.0. The van der Waals surface area contributed by atoms with Gasteiger partial charge in [0.1, 0.15) is 59.0 Å². The number of fused-ring (bicyclic) bond motifs is 5. The van der Waals surface area contributed by atoms with E-state index in [4.69, 9.17) is 41.0 Å². The van der Waals surface area contributed by atoms with Gasteiger partial charge in [-0.25, -0.2) is 19.2 Å². The molecule has 92 heavy (non-hydrogen) atoms. The van der Waals surface area contributed by atoms with E-state index in [-0.39, 0.29) is 87.5 Å². The fourth-order valence-corrected chi connectivity index (χ4v) is 11.2. The zero-order valence-corrected chi connectivity index (χ0v) is 54.6. The molecule has 4 aliphatic heterocycles. The minimum absolute atomic E-state index is 0.00375. The number of ether oxygens (including phenoxy) is 5. The largest absolute Gasteiger partial charge is 0.495 e. The molecule has 2 saturated heterocycles. The number of imide groups is 1. The number of nitrogens with zero attached hydrogens (tertiary/aromatic N) is 4. The van der Waals surface area contributed by atoms with Gasteiger partial charge in [0.05, 0.1) is 25.3 Å². The zero-order chi connectivity index (χ0) is 67.8. The second-order valence-corrected chi connectivity index (χ2v) is 24.6. The van der Waals surface area contributed by atoms with Crippen LogP contribution >= 0.6 is 11.6 Å². The molecule has 9 atom stereocenters. The Kier molecular flexibility index (Phi) is 25.7. The first-order valence-electron chi connectivity index (χ1n) is 30.7. The first kappa shape index (κ1) is 72.5. The summed E-state index contributed by atoms with van der Waals surface area (Å²) in [7, 11) is 5.82. The van der Waals surface area contributed by atoms with Gasteiger partial charge in [-0.1, -0.05) is 74.7 Å². The van der Waals surface area contributed by atoms with Crippen LogP contribution in [-0.2, 0) is 70.3 Å². The summed E-state index contributed by atoms with van der Waals surface area (Å²) in [6.45, 7) is 10.3. The molecule has 27 nitrogen and oxygen atoms in total. The number of aliphatic hydroxyl groups is 1. The van der Waals surface area contributed by atoms with E-state index in [0.29, 0.717) is 48.4 Å². The molecule has 4 bridgehead atoms. The van der Waals surface area contributed by atoms with E-state index in [2.05, 4.69) is 26.6 Å². The molecule has 2 fully saturated rings. The van der Waals surface area contributed by atoms with E-state index in [0.717, 1.165) is 20.9 Å². The standard InChI is InChI=1S/C64H87ClN10O17/c1-37(2)55(70-49(76)19-12-11-15-29-75-51(78)24-25-52(75)79)58(82)69-44(18-16-28-67-60(66)84)57(81)68-43-22-20-41(21-23-43)36-89-62(86)72(7)30-26-50(77)73(8)40(5)59(83)91-48-34-53(80)74(9)45-32-42(33-46(88-10)54(45)65)31-38(3)17-13-14-27-64(87)35-47(90-61(85)71-64)39(4)56-63(48,6)92-56/h13-14,17,20-25,32-33,37,39-40,44,47-48,55-56,87H,11-12,15-16,18-19,26-31,34-36H2,1-10H3,(H,68,81)(H,69,82)(H,70,76)(H,71,85)(H3,66,67,84)/b14-13+,38-17+/t39-,40+,44-,47+,48+,55?,56+,63+,64-/m1/s1. The third-order valence-corrected chi connectivity index (χ3v) is 17.1. The third-order valence-electron chi connectivity index (χ3n) is 16.8. The molecule has 1 unspecified atom stereocenters. The topological polar surface area (TPSA) is 357 Å². The number of alkyl carbamates (subject to hydrolysis) is 1. The van der Waals surface area contributed by atoms with Gasteiger partial charge in [0.15, 0.2) is 0 Å². The van der Waals surface area contributed by atoms with Crippen LogP contribution in [0, 0.1) is 11.8 Å². The maximum Gasteiger partial charge on any atom is 0.409 e. The predicted molar refractivity (Wildman–Crippen MR) is 337 cm³/mol. The summed E-state index contributed by atoms with van der Waals surface area (Å²) in [5, 5.41) is 25.0. The highest BCUT2D eigenvalue weighted by atomic mass is 35.5. The van der Waals surface area contributed by atoms with Crippen molar-refractivity contribution in [1.82, 2.24) is 36.0 Å². The maximum atomic E-state index is 14.4. The van der Waals surface area contributed by atoms with Gasteiger partial charge in [0.25, 0.3) is 11.8 Å². The minimum atomic E-state index is -1.66. The van der Waals surface area contributed by atoms with Crippen LogP contribution in [0.2, 0.25) is 5.02 Å². The molecule has 6 rings (SSSR count). The van der Waals surface area contributed by atoms with Crippen molar-refractivity contribution in [3.63, 3.8) is 0 Å². The van der Waals surface area contributed by atoms with Crippen molar-refractivity contribution < 1.29 is 81.5 Å². The lowest BCUT2D eigenvalue weighted by Crippen LogP contribution is -2.57. The molecular formula is C64H87ClN10O17. The number of benzene rings is 2. The molecule has 11 amide bonds. The number of nitrogens with one attached hydrogen (secondary N) is 5. The number of unbranched alkanes of at least 4 members (excludes halogenated alkanes) is 2. The number of urea groups is 1. The van der Waals surface area contributed by atoms with Gasteiger partial charge in [-0.2, -0.15) is 0 Å². The molecule has 2 aromatic carbocycles. The Hall–Kier alpha value is -8.56. The predicted octanol–water partition coefficient (Wildman–Crippen LogP) is 5.05. The van der Waals surface area contributed by atoms with Crippen LogP contribution in [0.4, 0.5) is 25.8 Å². The van der Waals surface area contributed by atoms with Gasteiger partial charge >= 0.3 is 24.2 Å². The number of amides is 11. The van der Waals surface area contributed by atoms with Crippen LogP contribution in [0.3, 0.4) is 0 Å². The number of hydrogen-bond acceptors (Lipinski definition) is 17. The van der Waals surface area contributed by atoms with Crippen LogP contribution in [0.15, 0.2) is 72.4 Å². The Labute approximate surface area is 540 Å². The Morgan fingerprint density at radius 3 is 2.30 bits per heavy atom. The highest BCUT2D eigenvalue weighted by molar-refractivity contribution is 6.35. The SMILES string of the molecule is COc1cc2cc(c1Cl)N(C)C(=O)C[C@H](OC(=O)[C@H](C)N(C)C(=O)CCN(C)C(=O)OCc1ccc(NC(=O)[C@@H](CCCNC(N)=O)NC(=O)C(NC(=O)CCCCCN3C(=O)C=CC3=O)C(C)C)cc1)[C@]1(C)O[C@H]1[C@H](C)[C@@H]1C[C@](O)(C/C=C/C=C(\C)C2)NC(=O)O1. The molecular weight excluding hydrogens is 1220 g/mol. The van der Waals surface area contributed by atoms with Gasteiger partial charge < -0.3 is 70.5 Å². The normalized spacial score (nSPS) is 23.2. The lowest BCUT2D eigenvalue weighted by atomic mass is 9.84. The number of halogens is 1. The smallest absolute Gasteiger partial charge is 0.409 e. The number of epoxide rings is 1. The lowest BCUT2D eigenvalue weighted by molar-refractivity contribution is -0.162. The van der Waals surface area contributed by atoms with Crippen molar-refractivity contribution >= 4 is 88.5 Å². The summed E-state index contributed by atoms with van der Waals surface area (Å²) in [5.74, 6) is -4.89. The van der Waals surface area contributed by atoms with Gasteiger partial charge in [0.2, 0.25) is 29.5 Å². The number of nitrogens with two attached hydrogens (primary N) is 1. The average Bonchev–Trinajstić information content (AvgIpc) is 1.57. The average molecular weight is 1300 g/mol. The number of carbonyl (C=O) groups excluding carboxylic acids is 11. The molecule has 0 aromatic heterocycles. The van der Waals surface area contributed by atoms with Crippen molar-refractivity contribution in [3.05, 3.63) is 88.5 Å². The van der Waals surface area contributed by atoms with E-state index in [1.54, 1.807) is 76.2 Å². The molecule has 0 spiro atoms. The second kappa shape index (κ2) is 32.6. The summed E-state index contributed by atoms with van der Waals surface area (Å²) in [4.78, 5) is 148. The minimum Gasteiger partial charge on any atom is -0.495 e. The quantitative estimate of drug-likeness (QED) is 0.0225. The van der Waals surface area contributed by atoms with Crippen molar-refractivity contribution in [2.45, 2.75) is 167 Å². The Balaban J connectivity index is 1.02. The molecule has 2 aromatic rings. The molecule has 4 heterocycles. The first-order valence-corrected chi connectivity index (χ1v) is 31.1. The number of esters is 1. The summed E-state index contributed by atoms with van der Waals surface area (Å²) >= 11 is 6.82. The number of primary amides is 1. The number of methoxy groups -OCH3 is 1. The molecule has 8 N–H and O–H groups in total. The Morgan fingerprint density at radius 2 is 1.64 bits per heavy atom. The number of hydrogen-bond donors (Lipinski definition) is 7. The van der Waals surface area contributed by atoms with E-state index in [1.165, 1.54) is 57.1 Å². The van der Waals surface area contributed by atoms with E-state index in [9.17, 15) is 57.8 Å². The van der Waals surface area contributed by atoms with Gasteiger partial charge in [0, 0.05) is 90.2 Å².